The number of allylic oxidation sites excluding steroid dienone is 1. The maximum Gasteiger partial charge on any atom is 0.183 e. The Balaban J connectivity index is 4.55. The molecule has 0 radical (unpaired) electrons. The fourth-order valence-electron chi connectivity index (χ4n) is 0.365. The first-order chi connectivity index (χ1) is 4.42. The molecule has 1 atom stereocenters. The van der Waals surface area contributed by atoms with E-state index in [0.29, 0.717) is 0 Å². The summed E-state index contributed by atoms with van der Waals surface area (Å²) in [6.07, 6.45) is 1.05. The van der Waals surface area contributed by atoms with Crippen molar-refractivity contribution >= 4 is 23.2 Å². The van der Waals surface area contributed by atoms with Crippen molar-refractivity contribution < 1.29 is 9.59 Å². The molecule has 0 bridgehead atoms. The third-order valence-corrected chi connectivity index (χ3v) is 1.76. The third kappa shape index (κ3) is 1.67. The second kappa shape index (κ2) is 2.97. The average molecular weight is 161 g/mol. The molecule has 0 spiro atoms. The van der Waals surface area contributed by atoms with Gasteiger partial charge in [0.15, 0.2) is 16.4 Å². The zero-order valence-electron chi connectivity index (χ0n) is 5.98. The van der Waals surface area contributed by atoms with Gasteiger partial charge in [-0.05, 0) is 19.9 Å². The standard InChI is InChI=1S/C7H9ClO2/c1-4-6(10)7(3,8)5(2)9/h4H,1H2,2-3H3. The van der Waals surface area contributed by atoms with Crippen molar-refractivity contribution in [2.75, 3.05) is 0 Å². The number of rotatable bonds is 3. The van der Waals surface area contributed by atoms with E-state index in [1.54, 1.807) is 0 Å². The Kier molecular flexibility index (Phi) is 2.78. The van der Waals surface area contributed by atoms with E-state index < -0.39 is 10.7 Å². The summed E-state index contributed by atoms with van der Waals surface area (Å²) in [6.45, 7) is 5.86. The summed E-state index contributed by atoms with van der Waals surface area (Å²) in [5, 5.41) is 0. The van der Waals surface area contributed by atoms with E-state index in [4.69, 9.17) is 11.6 Å². The largest absolute Gasteiger partial charge is 0.298 e. The number of alkyl halides is 1. The second-order valence-electron chi connectivity index (χ2n) is 2.13. The van der Waals surface area contributed by atoms with Crippen LogP contribution in [0.4, 0.5) is 0 Å². The van der Waals surface area contributed by atoms with Gasteiger partial charge in [0.05, 0.1) is 0 Å². The topological polar surface area (TPSA) is 34.1 Å². The Hall–Kier alpha value is -0.630. The van der Waals surface area contributed by atoms with E-state index in [9.17, 15) is 9.59 Å². The van der Waals surface area contributed by atoms with Crippen LogP contribution in [0.25, 0.3) is 0 Å². The molecule has 0 fully saturated rings. The first-order valence-corrected chi connectivity index (χ1v) is 3.17. The highest BCUT2D eigenvalue weighted by Crippen LogP contribution is 2.16. The zero-order valence-corrected chi connectivity index (χ0v) is 6.73. The molecule has 10 heavy (non-hydrogen) atoms. The average Bonchev–Trinajstić information content (AvgIpc) is 1.86. The molecule has 0 aromatic rings. The lowest BCUT2D eigenvalue weighted by atomic mass is 10.0. The number of carbonyl (C=O) groups is 2. The summed E-state index contributed by atoms with van der Waals surface area (Å²) in [7, 11) is 0. The molecule has 0 aromatic carbocycles. The maximum absolute atomic E-state index is 10.8. The van der Waals surface area contributed by atoms with Crippen molar-refractivity contribution in [1.29, 1.82) is 0 Å². The van der Waals surface area contributed by atoms with Gasteiger partial charge in [-0.3, -0.25) is 9.59 Å². The van der Waals surface area contributed by atoms with Gasteiger partial charge >= 0.3 is 0 Å². The Labute approximate surface area is 64.9 Å². The fourth-order valence-corrected chi connectivity index (χ4v) is 0.442. The van der Waals surface area contributed by atoms with Crippen LogP contribution in [-0.4, -0.2) is 16.4 Å². The molecular formula is C7H9ClO2. The van der Waals surface area contributed by atoms with Gasteiger partial charge in [-0.2, -0.15) is 0 Å². The summed E-state index contributed by atoms with van der Waals surface area (Å²) in [5.41, 5.74) is 0. The maximum atomic E-state index is 10.8. The van der Waals surface area contributed by atoms with Gasteiger partial charge in [0, 0.05) is 0 Å². The lowest BCUT2D eigenvalue weighted by Crippen LogP contribution is -2.34. The lowest BCUT2D eigenvalue weighted by molar-refractivity contribution is -0.126. The van der Waals surface area contributed by atoms with Gasteiger partial charge < -0.3 is 0 Å². The monoisotopic (exact) mass is 160 g/mol. The van der Waals surface area contributed by atoms with Crippen molar-refractivity contribution in [3.63, 3.8) is 0 Å². The van der Waals surface area contributed by atoms with Crippen LogP contribution in [0.5, 0.6) is 0 Å². The number of halogens is 1. The minimum atomic E-state index is -1.41. The molecule has 0 aliphatic heterocycles. The van der Waals surface area contributed by atoms with Crippen LogP contribution in [0.1, 0.15) is 13.8 Å². The molecule has 0 N–H and O–H groups in total. The van der Waals surface area contributed by atoms with E-state index in [1.165, 1.54) is 13.8 Å². The van der Waals surface area contributed by atoms with Gasteiger partial charge in [-0.25, -0.2) is 0 Å². The summed E-state index contributed by atoms with van der Waals surface area (Å²) < 4.78 is 0. The highest BCUT2D eigenvalue weighted by atomic mass is 35.5. The SMILES string of the molecule is C=CC(=O)C(C)(Cl)C(C)=O. The van der Waals surface area contributed by atoms with Crippen molar-refractivity contribution in [3.8, 4) is 0 Å². The smallest absolute Gasteiger partial charge is 0.183 e. The van der Waals surface area contributed by atoms with Crippen LogP contribution >= 0.6 is 11.6 Å². The van der Waals surface area contributed by atoms with Gasteiger partial charge in [0.1, 0.15) is 0 Å². The summed E-state index contributed by atoms with van der Waals surface area (Å²) in [4.78, 5) is 20.1. The van der Waals surface area contributed by atoms with Crippen LogP contribution in [0.15, 0.2) is 12.7 Å². The minimum absolute atomic E-state index is 0.362. The highest BCUT2D eigenvalue weighted by Gasteiger charge is 2.33. The van der Waals surface area contributed by atoms with Gasteiger partial charge in [-0.15, -0.1) is 11.6 Å². The van der Waals surface area contributed by atoms with Crippen molar-refractivity contribution in [1.82, 2.24) is 0 Å². The molecule has 0 heterocycles. The first-order valence-electron chi connectivity index (χ1n) is 2.79. The molecular weight excluding hydrogens is 152 g/mol. The van der Waals surface area contributed by atoms with Crippen molar-refractivity contribution in [3.05, 3.63) is 12.7 Å². The normalized spacial score (nSPS) is 15.5. The molecule has 0 amide bonds. The Morgan fingerprint density at radius 1 is 1.60 bits per heavy atom. The highest BCUT2D eigenvalue weighted by molar-refractivity contribution is 6.47. The molecule has 0 aromatic heterocycles. The number of ketones is 2. The minimum Gasteiger partial charge on any atom is -0.298 e. The molecule has 1 unspecified atom stereocenters. The van der Waals surface area contributed by atoms with E-state index in [-0.39, 0.29) is 5.78 Å². The van der Waals surface area contributed by atoms with E-state index in [0.717, 1.165) is 6.08 Å². The van der Waals surface area contributed by atoms with Crippen molar-refractivity contribution in [2.45, 2.75) is 18.7 Å². The number of carbonyl (C=O) groups excluding carboxylic acids is 2. The van der Waals surface area contributed by atoms with Gasteiger partial charge in [0.25, 0.3) is 0 Å². The predicted octanol–water partition coefficient (Wildman–Crippen LogP) is 1.33. The molecule has 56 valence electrons. The number of hydrogen-bond acceptors (Lipinski definition) is 2. The molecule has 0 saturated heterocycles. The van der Waals surface area contributed by atoms with Gasteiger partial charge in [0.2, 0.25) is 0 Å². The quantitative estimate of drug-likeness (QED) is 0.355. The molecule has 2 nitrogen and oxygen atoms in total. The van der Waals surface area contributed by atoms with E-state index >= 15 is 0 Å². The number of hydrogen-bond donors (Lipinski definition) is 0. The van der Waals surface area contributed by atoms with Crippen molar-refractivity contribution in [2.24, 2.45) is 0 Å². The van der Waals surface area contributed by atoms with Crippen LogP contribution in [0.2, 0.25) is 0 Å². The Morgan fingerprint density at radius 3 is 2.10 bits per heavy atom. The van der Waals surface area contributed by atoms with E-state index in [2.05, 4.69) is 6.58 Å². The molecule has 0 rings (SSSR count). The lowest BCUT2D eigenvalue weighted by Gasteiger charge is -2.13. The summed E-state index contributed by atoms with van der Waals surface area (Å²) in [6, 6.07) is 0. The third-order valence-electron chi connectivity index (χ3n) is 1.31. The molecule has 0 saturated carbocycles. The van der Waals surface area contributed by atoms with Gasteiger partial charge in [-0.1, -0.05) is 6.58 Å². The number of Topliss-reactive ketones (excluding diaryl/α,β-unsaturated/α-hetero) is 1. The zero-order chi connectivity index (χ0) is 8.36. The molecule has 0 aliphatic rings. The molecule has 0 aliphatic carbocycles. The molecule has 3 heteroatoms. The van der Waals surface area contributed by atoms with Crippen LogP contribution in [0, 0.1) is 0 Å². The van der Waals surface area contributed by atoms with E-state index in [1.807, 2.05) is 0 Å². The summed E-state index contributed by atoms with van der Waals surface area (Å²) in [5.74, 6) is -0.819. The Bertz CT molecular complexity index is 182. The summed E-state index contributed by atoms with van der Waals surface area (Å²) >= 11 is 5.55. The fraction of sp³-hybridized carbons (Fsp3) is 0.429. The Morgan fingerprint density at radius 2 is 2.00 bits per heavy atom. The first kappa shape index (κ1) is 9.37. The van der Waals surface area contributed by atoms with Crippen LogP contribution in [-0.2, 0) is 9.59 Å². The predicted molar refractivity (Wildman–Crippen MR) is 40.1 cm³/mol. The second-order valence-corrected chi connectivity index (χ2v) is 2.88. The van der Waals surface area contributed by atoms with Crippen LogP contribution in [0.3, 0.4) is 0 Å². The van der Waals surface area contributed by atoms with Crippen LogP contribution < -0.4 is 0 Å².